The molecule has 1 aliphatic heterocycles. The summed E-state index contributed by atoms with van der Waals surface area (Å²) in [6.45, 7) is 4.43. The number of hydrogen-bond donors (Lipinski definition) is 1. The lowest BCUT2D eigenvalue weighted by Gasteiger charge is -2.31. The second-order valence-corrected chi connectivity index (χ2v) is 4.53. The molecule has 82 valence electrons. The molecule has 1 amide bonds. The van der Waals surface area contributed by atoms with E-state index in [2.05, 4.69) is 28.2 Å². The van der Waals surface area contributed by atoms with Crippen LogP contribution in [0.3, 0.4) is 0 Å². The molecule has 1 aliphatic rings. The minimum atomic E-state index is 0.0396. The standard InChI is InChI=1S/C10H13BrN2O2/c1-7-5-13(3-2-12-7)10(14)8-4-9(11)15-6-8/h4,6-7,12H,2-3,5H2,1H3/t7-/m1/s1. The number of amides is 1. The third kappa shape index (κ3) is 2.41. The summed E-state index contributed by atoms with van der Waals surface area (Å²) < 4.78 is 5.65. The van der Waals surface area contributed by atoms with Crippen LogP contribution >= 0.6 is 15.9 Å². The Morgan fingerprint density at radius 1 is 1.73 bits per heavy atom. The SMILES string of the molecule is C[C@@H]1CN(C(=O)c2coc(Br)c2)CCN1. The van der Waals surface area contributed by atoms with Crippen molar-refractivity contribution in [3.63, 3.8) is 0 Å². The normalized spacial score (nSPS) is 21.7. The molecule has 0 radical (unpaired) electrons. The van der Waals surface area contributed by atoms with Gasteiger partial charge in [-0.2, -0.15) is 0 Å². The van der Waals surface area contributed by atoms with Gasteiger partial charge in [-0.25, -0.2) is 0 Å². The van der Waals surface area contributed by atoms with E-state index >= 15 is 0 Å². The van der Waals surface area contributed by atoms with Crippen molar-refractivity contribution in [3.8, 4) is 0 Å². The predicted molar refractivity (Wildman–Crippen MR) is 59.8 cm³/mol. The first-order valence-corrected chi connectivity index (χ1v) is 5.73. The topological polar surface area (TPSA) is 45.5 Å². The summed E-state index contributed by atoms with van der Waals surface area (Å²) in [7, 11) is 0. The Bertz CT molecular complexity index is 364. The van der Waals surface area contributed by atoms with Gasteiger partial charge in [0.05, 0.1) is 5.56 Å². The van der Waals surface area contributed by atoms with Gasteiger partial charge in [0.25, 0.3) is 5.91 Å². The smallest absolute Gasteiger partial charge is 0.257 e. The Kier molecular flexibility index (Phi) is 3.11. The second-order valence-electron chi connectivity index (χ2n) is 3.75. The lowest BCUT2D eigenvalue weighted by molar-refractivity contribution is 0.0708. The van der Waals surface area contributed by atoms with Gasteiger partial charge < -0.3 is 14.6 Å². The molecule has 2 rings (SSSR count). The molecular weight excluding hydrogens is 260 g/mol. The maximum atomic E-state index is 12.0. The van der Waals surface area contributed by atoms with Crippen molar-refractivity contribution in [3.05, 3.63) is 22.6 Å². The predicted octanol–water partition coefficient (Wildman–Crippen LogP) is 1.48. The highest BCUT2D eigenvalue weighted by molar-refractivity contribution is 9.10. The van der Waals surface area contributed by atoms with Crippen LogP contribution in [0.1, 0.15) is 17.3 Å². The minimum absolute atomic E-state index is 0.0396. The zero-order valence-corrected chi connectivity index (χ0v) is 10.1. The lowest BCUT2D eigenvalue weighted by atomic mass is 10.2. The van der Waals surface area contributed by atoms with Gasteiger partial charge in [0.15, 0.2) is 4.67 Å². The largest absolute Gasteiger partial charge is 0.457 e. The molecule has 5 heteroatoms. The number of furan rings is 1. The van der Waals surface area contributed by atoms with Crippen LogP contribution in [0.15, 0.2) is 21.4 Å². The number of nitrogens with zero attached hydrogens (tertiary/aromatic N) is 1. The van der Waals surface area contributed by atoms with E-state index in [1.54, 1.807) is 6.07 Å². The Morgan fingerprint density at radius 3 is 3.13 bits per heavy atom. The summed E-state index contributed by atoms with van der Waals surface area (Å²) in [6.07, 6.45) is 1.49. The second kappa shape index (κ2) is 4.37. The summed E-state index contributed by atoms with van der Waals surface area (Å²) in [6, 6.07) is 2.06. The van der Waals surface area contributed by atoms with Crippen molar-refractivity contribution in [1.82, 2.24) is 10.2 Å². The van der Waals surface area contributed by atoms with E-state index in [0.717, 1.165) is 19.6 Å². The quantitative estimate of drug-likeness (QED) is 0.843. The maximum absolute atomic E-state index is 12.0. The van der Waals surface area contributed by atoms with Crippen LogP contribution in [0.5, 0.6) is 0 Å². The van der Waals surface area contributed by atoms with Crippen molar-refractivity contribution in [2.75, 3.05) is 19.6 Å². The number of nitrogens with one attached hydrogen (secondary N) is 1. The summed E-state index contributed by atoms with van der Waals surface area (Å²) in [5.41, 5.74) is 0.607. The zero-order chi connectivity index (χ0) is 10.8. The lowest BCUT2D eigenvalue weighted by Crippen LogP contribution is -2.51. The van der Waals surface area contributed by atoms with E-state index in [0.29, 0.717) is 16.3 Å². The van der Waals surface area contributed by atoms with Crippen LogP contribution in [-0.4, -0.2) is 36.5 Å². The van der Waals surface area contributed by atoms with Crippen LogP contribution < -0.4 is 5.32 Å². The number of hydrogen-bond acceptors (Lipinski definition) is 3. The van der Waals surface area contributed by atoms with Crippen molar-refractivity contribution >= 4 is 21.8 Å². The van der Waals surface area contributed by atoms with Crippen molar-refractivity contribution in [2.24, 2.45) is 0 Å². The molecule has 0 aliphatic carbocycles. The third-order valence-electron chi connectivity index (χ3n) is 2.47. The number of piperazine rings is 1. The fraction of sp³-hybridized carbons (Fsp3) is 0.500. The fourth-order valence-corrected chi connectivity index (χ4v) is 2.06. The van der Waals surface area contributed by atoms with Gasteiger partial charge in [-0.15, -0.1) is 0 Å². The van der Waals surface area contributed by atoms with Gasteiger partial charge in [-0.3, -0.25) is 4.79 Å². The van der Waals surface area contributed by atoms with Crippen LogP contribution in [0.2, 0.25) is 0 Å². The third-order valence-corrected chi connectivity index (χ3v) is 2.89. The Labute approximate surface area is 96.7 Å². The van der Waals surface area contributed by atoms with E-state index in [-0.39, 0.29) is 5.91 Å². The van der Waals surface area contributed by atoms with E-state index < -0.39 is 0 Å². The number of carbonyl (C=O) groups is 1. The Hall–Kier alpha value is -0.810. The molecule has 1 aromatic heterocycles. The van der Waals surface area contributed by atoms with Crippen LogP contribution in [0, 0.1) is 0 Å². The molecule has 1 fully saturated rings. The molecule has 4 nitrogen and oxygen atoms in total. The van der Waals surface area contributed by atoms with E-state index in [9.17, 15) is 4.79 Å². The Balaban J connectivity index is 2.07. The molecule has 2 heterocycles. The number of carbonyl (C=O) groups excluding carboxylic acids is 1. The number of rotatable bonds is 1. The van der Waals surface area contributed by atoms with Gasteiger partial charge in [0.2, 0.25) is 0 Å². The van der Waals surface area contributed by atoms with E-state index in [1.165, 1.54) is 6.26 Å². The molecule has 0 unspecified atom stereocenters. The molecule has 1 N–H and O–H groups in total. The van der Waals surface area contributed by atoms with Crippen LogP contribution in [-0.2, 0) is 0 Å². The molecule has 1 atom stereocenters. The van der Waals surface area contributed by atoms with Crippen LogP contribution in [0.25, 0.3) is 0 Å². The van der Waals surface area contributed by atoms with Gasteiger partial charge in [0, 0.05) is 31.7 Å². The van der Waals surface area contributed by atoms with Gasteiger partial charge in [0.1, 0.15) is 6.26 Å². The van der Waals surface area contributed by atoms with Crippen LogP contribution in [0.4, 0.5) is 0 Å². The molecule has 1 saturated heterocycles. The summed E-state index contributed by atoms with van der Waals surface area (Å²) in [4.78, 5) is 13.8. The van der Waals surface area contributed by atoms with Crippen molar-refractivity contribution in [1.29, 1.82) is 0 Å². The van der Waals surface area contributed by atoms with Gasteiger partial charge in [-0.05, 0) is 22.9 Å². The Morgan fingerprint density at radius 2 is 2.53 bits per heavy atom. The average molecular weight is 273 g/mol. The zero-order valence-electron chi connectivity index (χ0n) is 8.50. The molecule has 0 bridgehead atoms. The highest BCUT2D eigenvalue weighted by Crippen LogP contribution is 2.16. The molecular formula is C10H13BrN2O2. The number of halogens is 1. The highest BCUT2D eigenvalue weighted by Gasteiger charge is 2.22. The van der Waals surface area contributed by atoms with Crippen molar-refractivity contribution in [2.45, 2.75) is 13.0 Å². The van der Waals surface area contributed by atoms with Crippen molar-refractivity contribution < 1.29 is 9.21 Å². The first-order valence-electron chi connectivity index (χ1n) is 4.93. The first kappa shape index (κ1) is 10.7. The highest BCUT2D eigenvalue weighted by atomic mass is 79.9. The minimum Gasteiger partial charge on any atom is -0.457 e. The van der Waals surface area contributed by atoms with Gasteiger partial charge in [-0.1, -0.05) is 0 Å². The van der Waals surface area contributed by atoms with E-state index in [1.807, 2.05) is 4.90 Å². The summed E-state index contributed by atoms with van der Waals surface area (Å²) >= 11 is 3.19. The fourth-order valence-electron chi connectivity index (χ4n) is 1.72. The molecule has 0 aromatic carbocycles. The van der Waals surface area contributed by atoms with Gasteiger partial charge >= 0.3 is 0 Å². The average Bonchev–Trinajstić information content (AvgIpc) is 2.64. The molecule has 15 heavy (non-hydrogen) atoms. The summed E-state index contributed by atoms with van der Waals surface area (Å²) in [5, 5.41) is 3.30. The first-order chi connectivity index (χ1) is 7.16. The molecule has 1 aromatic rings. The summed E-state index contributed by atoms with van der Waals surface area (Å²) in [5.74, 6) is 0.0396. The maximum Gasteiger partial charge on any atom is 0.257 e. The molecule has 0 spiro atoms. The molecule has 0 saturated carbocycles. The van der Waals surface area contributed by atoms with E-state index in [4.69, 9.17) is 4.42 Å². The monoisotopic (exact) mass is 272 g/mol.